The van der Waals surface area contributed by atoms with Gasteiger partial charge in [-0.2, -0.15) is 10.2 Å². The number of hydrazone groups is 1. The van der Waals surface area contributed by atoms with E-state index in [1.807, 2.05) is 12.1 Å². The molecule has 0 saturated heterocycles. The number of nitrogens with one attached hydrogen (secondary N) is 3. The van der Waals surface area contributed by atoms with Crippen LogP contribution in [0.5, 0.6) is 0 Å². The molecule has 5 aromatic rings. The fraction of sp³-hybridized carbons (Fsp3) is 0.192. The fourth-order valence-corrected chi connectivity index (χ4v) is 4.70. The van der Waals surface area contributed by atoms with Gasteiger partial charge in [0.05, 0.1) is 17.5 Å². The first-order chi connectivity index (χ1) is 19.1. The van der Waals surface area contributed by atoms with Crippen molar-refractivity contribution < 1.29 is 17.9 Å². The zero-order valence-electron chi connectivity index (χ0n) is 21.7. The lowest BCUT2D eigenvalue weighted by Gasteiger charge is -2.11. The molecule has 12 nitrogen and oxygen atoms in total. The van der Waals surface area contributed by atoms with Crippen molar-refractivity contribution in [2.45, 2.75) is 13.0 Å². The molecule has 0 fully saturated rings. The molecule has 0 bridgehead atoms. The van der Waals surface area contributed by atoms with Crippen molar-refractivity contribution in [1.82, 2.24) is 39.9 Å². The molecule has 0 amide bonds. The number of sulfonamides is 1. The van der Waals surface area contributed by atoms with E-state index in [1.165, 1.54) is 17.1 Å². The highest BCUT2D eigenvalue weighted by Crippen LogP contribution is 2.31. The van der Waals surface area contributed by atoms with Gasteiger partial charge in [0.1, 0.15) is 16.9 Å². The third-order valence-corrected chi connectivity index (χ3v) is 6.77. The summed E-state index contributed by atoms with van der Waals surface area (Å²) in [6, 6.07) is 9.70. The van der Waals surface area contributed by atoms with Gasteiger partial charge in [0.25, 0.3) is 0 Å². The molecule has 40 heavy (non-hydrogen) atoms. The summed E-state index contributed by atoms with van der Waals surface area (Å²) in [5, 5.41) is 22.3. The van der Waals surface area contributed by atoms with Crippen molar-refractivity contribution in [3.8, 4) is 22.6 Å². The van der Waals surface area contributed by atoms with Crippen LogP contribution >= 0.6 is 0 Å². The average molecular weight is 564 g/mol. The Balaban J connectivity index is 1.58. The highest BCUT2D eigenvalue weighted by molar-refractivity contribution is 7.88. The Hall–Kier alpha value is -4.53. The summed E-state index contributed by atoms with van der Waals surface area (Å²) in [5.74, 6) is -0.110. The Morgan fingerprint density at radius 3 is 2.80 bits per heavy atom. The van der Waals surface area contributed by atoms with Gasteiger partial charge in [0, 0.05) is 44.9 Å². The largest absolute Gasteiger partial charge is 0.396 e. The molecule has 4 aromatic heterocycles. The van der Waals surface area contributed by atoms with E-state index in [-0.39, 0.29) is 13.2 Å². The fourth-order valence-electron chi connectivity index (χ4n) is 4.27. The van der Waals surface area contributed by atoms with Crippen LogP contribution in [0.25, 0.3) is 50.4 Å². The van der Waals surface area contributed by atoms with Crippen LogP contribution in [0.1, 0.15) is 17.7 Å². The second-order valence-corrected chi connectivity index (χ2v) is 10.9. The highest BCUT2D eigenvalue weighted by atomic mass is 32.2. The first kappa shape index (κ1) is 27.1. The van der Waals surface area contributed by atoms with Crippen LogP contribution in [0.4, 0.5) is 4.39 Å². The molecule has 5 rings (SSSR count). The minimum Gasteiger partial charge on any atom is -0.396 e. The van der Waals surface area contributed by atoms with Crippen molar-refractivity contribution in [1.29, 1.82) is 0 Å². The van der Waals surface area contributed by atoms with Gasteiger partial charge < -0.3 is 10.1 Å². The van der Waals surface area contributed by atoms with E-state index in [9.17, 15) is 17.9 Å². The van der Waals surface area contributed by atoms with E-state index in [1.54, 1.807) is 31.6 Å². The molecule has 0 radical (unpaired) electrons. The Bertz CT molecular complexity index is 1860. The summed E-state index contributed by atoms with van der Waals surface area (Å²) in [4.78, 5) is 17.1. The smallest absolute Gasteiger partial charge is 0.209 e. The highest BCUT2D eigenvalue weighted by Gasteiger charge is 2.18. The number of pyridine rings is 2. The number of halogens is 1. The Kier molecular flexibility index (Phi) is 7.38. The molecular formula is C26H26FN9O3S. The number of benzene rings is 1. The van der Waals surface area contributed by atoms with Crippen molar-refractivity contribution in [3.63, 3.8) is 0 Å². The molecule has 1 aromatic carbocycles. The van der Waals surface area contributed by atoms with E-state index < -0.39 is 15.8 Å². The van der Waals surface area contributed by atoms with Crippen molar-refractivity contribution in [2.24, 2.45) is 5.10 Å². The van der Waals surface area contributed by atoms with Gasteiger partial charge in [-0.15, -0.1) is 0 Å². The van der Waals surface area contributed by atoms with Crippen LogP contribution in [0.3, 0.4) is 0 Å². The lowest BCUT2D eigenvalue weighted by molar-refractivity contribution is 0.304. The summed E-state index contributed by atoms with van der Waals surface area (Å²) in [5.41, 5.74) is 5.59. The van der Waals surface area contributed by atoms with Gasteiger partial charge in [-0.1, -0.05) is 0 Å². The molecule has 0 aliphatic carbocycles. The standard InChI is InChI=1S/C26H26FN9O3S/c1-28-36(2)14-16(7-9-37)20-4-5-21-23(31-20)24(35-34-21)26-32-22-19(6-8-29-25(22)33-26)17-10-15(11-18(27)12-17)13-30-40(3,38)39/h4-6,8,10-12,14,30,37H,1,7,9,13H2,2-3H3,(H,34,35)(H,29,32,33)/b16-14+. The Morgan fingerprint density at radius 1 is 1.23 bits per heavy atom. The topological polar surface area (TPSA) is 165 Å². The van der Waals surface area contributed by atoms with Crippen LogP contribution in [0.15, 0.2) is 53.9 Å². The van der Waals surface area contributed by atoms with E-state index >= 15 is 0 Å². The first-order valence-electron chi connectivity index (χ1n) is 12.1. The van der Waals surface area contributed by atoms with Gasteiger partial charge in [-0.05, 0) is 59.5 Å². The van der Waals surface area contributed by atoms with Crippen molar-refractivity contribution >= 4 is 44.5 Å². The molecule has 4 N–H and O–H groups in total. The number of aromatic amines is 2. The van der Waals surface area contributed by atoms with Gasteiger partial charge in [0.15, 0.2) is 17.2 Å². The molecule has 0 aliphatic rings. The molecular weight excluding hydrogens is 537 g/mol. The third kappa shape index (κ3) is 5.73. The van der Waals surface area contributed by atoms with E-state index in [0.717, 1.165) is 11.8 Å². The number of aromatic nitrogens is 6. The number of H-pyrrole nitrogens is 2. The summed E-state index contributed by atoms with van der Waals surface area (Å²) in [6.07, 6.45) is 4.72. The molecule has 0 aliphatic heterocycles. The zero-order chi connectivity index (χ0) is 28.4. The van der Waals surface area contributed by atoms with E-state index in [2.05, 4.69) is 36.7 Å². The molecule has 4 heterocycles. The normalized spacial score (nSPS) is 12.3. The molecule has 0 spiro atoms. The maximum atomic E-state index is 14.5. The van der Waals surface area contributed by atoms with Gasteiger partial charge in [-0.3, -0.25) is 10.1 Å². The second-order valence-electron chi connectivity index (χ2n) is 9.09. The predicted octanol–water partition coefficient (Wildman–Crippen LogP) is 3.02. The lowest BCUT2D eigenvalue weighted by atomic mass is 10.0. The number of hydrogen-bond donors (Lipinski definition) is 4. The van der Waals surface area contributed by atoms with E-state index in [4.69, 9.17) is 9.97 Å². The molecule has 0 atom stereocenters. The number of hydrogen-bond acceptors (Lipinski definition) is 9. The molecule has 14 heteroatoms. The quantitative estimate of drug-likeness (QED) is 0.149. The summed E-state index contributed by atoms with van der Waals surface area (Å²) in [6.45, 7) is 3.38. The minimum absolute atomic E-state index is 0.0533. The summed E-state index contributed by atoms with van der Waals surface area (Å²) in [7, 11) is -1.72. The van der Waals surface area contributed by atoms with Gasteiger partial charge >= 0.3 is 0 Å². The number of nitrogens with zero attached hydrogens (tertiary/aromatic N) is 6. The number of aliphatic hydroxyl groups is 1. The second kappa shape index (κ2) is 10.9. The SMILES string of the molecule is C=NN(C)/C=C(\CCO)c1ccc2[nH]nc(-c3nc4c(-c5cc(F)cc(CNS(C)(=O)=O)c5)ccnc4[nH]3)c2n1. The monoisotopic (exact) mass is 563 g/mol. The number of rotatable bonds is 10. The maximum Gasteiger partial charge on any atom is 0.209 e. The molecule has 206 valence electrons. The third-order valence-electron chi connectivity index (χ3n) is 6.10. The zero-order valence-corrected chi connectivity index (χ0v) is 22.5. The number of fused-ring (bicyclic) bond motifs is 2. The van der Waals surface area contributed by atoms with Crippen LogP contribution < -0.4 is 4.72 Å². The Labute approximate surface area is 228 Å². The number of imidazole rings is 1. The molecule has 0 unspecified atom stereocenters. The summed E-state index contributed by atoms with van der Waals surface area (Å²) < 4.78 is 39.9. The van der Waals surface area contributed by atoms with Crippen LogP contribution in [0, 0.1) is 5.82 Å². The van der Waals surface area contributed by atoms with Gasteiger partial charge in [0.2, 0.25) is 10.0 Å². The Morgan fingerprint density at radius 2 is 2.05 bits per heavy atom. The average Bonchev–Trinajstić information content (AvgIpc) is 3.54. The predicted molar refractivity (Wildman–Crippen MR) is 151 cm³/mol. The van der Waals surface area contributed by atoms with E-state index in [0.29, 0.717) is 62.5 Å². The lowest BCUT2D eigenvalue weighted by Crippen LogP contribution is -2.21. The van der Waals surface area contributed by atoms with Crippen LogP contribution in [-0.4, -0.2) is 75.3 Å². The van der Waals surface area contributed by atoms with Crippen molar-refractivity contribution in [3.05, 3.63) is 65.9 Å². The minimum atomic E-state index is -3.45. The van der Waals surface area contributed by atoms with Gasteiger partial charge in [-0.25, -0.2) is 32.5 Å². The molecule has 0 saturated carbocycles. The first-order valence-corrected chi connectivity index (χ1v) is 14.0. The van der Waals surface area contributed by atoms with Crippen LogP contribution in [-0.2, 0) is 16.6 Å². The number of aliphatic hydroxyl groups excluding tert-OH is 1. The van der Waals surface area contributed by atoms with Crippen LogP contribution in [0.2, 0.25) is 0 Å². The van der Waals surface area contributed by atoms with Crippen molar-refractivity contribution in [2.75, 3.05) is 19.9 Å². The maximum absolute atomic E-state index is 14.5. The summed E-state index contributed by atoms with van der Waals surface area (Å²) >= 11 is 0.